The van der Waals surface area contributed by atoms with Crippen molar-refractivity contribution in [3.63, 3.8) is 0 Å². The summed E-state index contributed by atoms with van der Waals surface area (Å²) < 4.78 is 5.89. The van der Waals surface area contributed by atoms with Gasteiger partial charge in [0.1, 0.15) is 0 Å². The van der Waals surface area contributed by atoms with E-state index in [1.807, 2.05) is 0 Å². The van der Waals surface area contributed by atoms with E-state index in [9.17, 15) is 4.79 Å². The van der Waals surface area contributed by atoms with Gasteiger partial charge in [0, 0.05) is 19.6 Å². The van der Waals surface area contributed by atoms with Gasteiger partial charge in [0.05, 0.1) is 6.10 Å². The number of carbonyl (C=O) groups is 1. The quantitative estimate of drug-likeness (QED) is 0.687. The smallest absolute Gasteiger partial charge is 0.220 e. The Bertz CT molecular complexity index is 297. The zero-order valence-electron chi connectivity index (χ0n) is 13.5. The normalized spacial score (nSPS) is 24.3. The fourth-order valence-electron chi connectivity index (χ4n) is 3.74. The lowest BCUT2D eigenvalue weighted by Crippen LogP contribution is -2.31. The first kappa shape index (κ1) is 16.8. The van der Waals surface area contributed by atoms with E-state index in [1.165, 1.54) is 32.1 Å². The Labute approximate surface area is 129 Å². The highest BCUT2D eigenvalue weighted by Gasteiger charge is 2.25. The van der Waals surface area contributed by atoms with Gasteiger partial charge in [-0.05, 0) is 64.0 Å². The predicted molar refractivity (Wildman–Crippen MR) is 85.2 cm³/mol. The first-order chi connectivity index (χ1) is 10.3. The molecular weight excluding hydrogens is 264 g/mol. The largest absolute Gasteiger partial charge is 0.378 e. The first-order valence-corrected chi connectivity index (χ1v) is 8.88. The molecule has 2 N–H and O–H groups in total. The van der Waals surface area contributed by atoms with E-state index >= 15 is 0 Å². The van der Waals surface area contributed by atoms with Gasteiger partial charge < -0.3 is 15.4 Å². The SMILES string of the molecule is CCOC(CCNC(=O)CCC1CCNC1)C1CCCC1. The van der Waals surface area contributed by atoms with E-state index in [1.54, 1.807) is 0 Å². The molecule has 122 valence electrons. The molecule has 2 unspecified atom stereocenters. The second-order valence-corrected chi connectivity index (χ2v) is 6.57. The molecule has 2 fully saturated rings. The third kappa shape index (κ3) is 5.95. The Kier molecular flexibility index (Phi) is 7.51. The summed E-state index contributed by atoms with van der Waals surface area (Å²) in [5, 5.41) is 6.43. The summed E-state index contributed by atoms with van der Waals surface area (Å²) in [6.07, 6.45) is 9.52. The summed E-state index contributed by atoms with van der Waals surface area (Å²) in [6, 6.07) is 0. The Morgan fingerprint density at radius 3 is 2.81 bits per heavy atom. The molecule has 2 atom stereocenters. The van der Waals surface area contributed by atoms with E-state index < -0.39 is 0 Å². The average molecular weight is 296 g/mol. The molecule has 0 radical (unpaired) electrons. The fourth-order valence-corrected chi connectivity index (χ4v) is 3.74. The number of carbonyl (C=O) groups excluding carboxylic acids is 1. The van der Waals surface area contributed by atoms with Crippen LogP contribution in [0.15, 0.2) is 0 Å². The molecule has 2 aliphatic rings. The molecule has 1 aliphatic carbocycles. The van der Waals surface area contributed by atoms with Crippen LogP contribution in [0.4, 0.5) is 0 Å². The molecular formula is C17H32N2O2. The van der Waals surface area contributed by atoms with Gasteiger partial charge in [-0.1, -0.05) is 12.8 Å². The van der Waals surface area contributed by atoms with Gasteiger partial charge in [0.2, 0.25) is 5.91 Å². The molecule has 0 spiro atoms. The van der Waals surface area contributed by atoms with Gasteiger partial charge >= 0.3 is 0 Å². The predicted octanol–water partition coefficient (Wildman–Crippen LogP) is 2.48. The second kappa shape index (κ2) is 9.42. The van der Waals surface area contributed by atoms with Crippen molar-refractivity contribution in [3.05, 3.63) is 0 Å². The highest BCUT2D eigenvalue weighted by atomic mass is 16.5. The van der Waals surface area contributed by atoms with Gasteiger partial charge in [-0.15, -0.1) is 0 Å². The molecule has 21 heavy (non-hydrogen) atoms. The number of nitrogens with one attached hydrogen (secondary N) is 2. The molecule has 0 aromatic rings. The van der Waals surface area contributed by atoms with Crippen LogP contribution in [0.5, 0.6) is 0 Å². The van der Waals surface area contributed by atoms with Gasteiger partial charge in [0.25, 0.3) is 0 Å². The molecule has 1 saturated heterocycles. The highest BCUT2D eigenvalue weighted by Crippen LogP contribution is 2.30. The van der Waals surface area contributed by atoms with Crippen LogP contribution >= 0.6 is 0 Å². The minimum atomic E-state index is 0.212. The van der Waals surface area contributed by atoms with Crippen LogP contribution in [-0.2, 0) is 9.53 Å². The lowest BCUT2D eigenvalue weighted by atomic mass is 9.98. The standard InChI is InChI=1S/C17H32N2O2/c1-2-21-16(15-5-3-4-6-15)10-12-19-17(20)8-7-14-9-11-18-13-14/h14-16,18H,2-13H2,1H3,(H,19,20). The van der Waals surface area contributed by atoms with E-state index in [4.69, 9.17) is 4.74 Å². The molecule has 4 nitrogen and oxygen atoms in total. The molecule has 0 aromatic heterocycles. The fraction of sp³-hybridized carbons (Fsp3) is 0.941. The van der Waals surface area contributed by atoms with Crippen molar-refractivity contribution >= 4 is 5.91 Å². The summed E-state index contributed by atoms with van der Waals surface area (Å²) in [7, 11) is 0. The Morgan fingerprint density at radius 1 is 1.33 bits per heavy atom. The lowest BCUT2D eigenvalue weighted by Gasteiger charge is -2.23. The van der Waals surface area contributed by atoms with Crippen molar-refractivity contribution in [2.24, 2.45) is 11.8 Å². The van der Waals surface area contributed by atoms with Crippen LogP contribution in [0.3, 0.4) is 0 Å². The molecule has 1 saturated carbocycles. The number of rotatable bonds is 9. The molecule has 4 heteroatoms. The third-order valence-electron chi connectivity index (χ3n) is 5.00. The Hall–Kier alpha value is -0.610. The van der Waals surface area contributed by atoms with Crippen molar-refractivity contribution in [3.8, 4) is 0 Å². The molecule has 1 aliphatic heterocycles. The zero-order chi connectivity index (χ0) is 14.9. The number of hydrogen-bond acceptors (Lipinski definition) is 3. The van der Waals surface area contributed by atoms with E-state index in [2.05, 4.69) is 17.6 Å². The van der Waals surface area contributed by atoms with E-state index in [-0.39, 0.29) is 5.91 Å². The number of ether oxygens (including phenoxy) is 1. The molecule has 1 heterocycles. The van der Waals surface area contributed by atoms with Gasteiger partial charge in [-0.25, -0.2) is 0 Å². The van der Waals surface area contributed by atoms with Gasteiger partial charge in [-0.3, -0.25) is 4.79 Å². The molecule has 1 amide bonds. The minimum absolute atomic E-state index is 0.212. The van der Waals surface area contributed by atoms with Crippen LogP contribution in [-0.4, -0.2) is 38.3 Å². The van der Waals surface area contributed by atoms with Crippen molar-refractivity contribution in [1.82, 2.24) is 10.6 Å². The van der Waals surface area contributed by atoms with Crippen molar-refractivity contribution < 1.29 is 9.53 Å². The van der Waals surface area contributed by atoms with Gasteiger partial charge in [-0.2, -0.15) is 0 Å². The average Bonchev–Trinajstić information content (AvgIpc) is 3.17. The molecule has 0 aromatic carbocycles. The van der Waals surface area contributed by atoms with E-state index in [0.29, 0.717) is 24.4 Å². The zero-order valence-corrected chi connectivity index (χ0v) is 13.5. The summed E-state index contributed by atoms with van der Waals surface area (Å²) in [5.74, 6) is 1.63. The minimum Gasteiger partial charge on any atom is -0.378 e. The van der Waals surface area contributed by atoms with Crippen LogP contribution in [0.2, 0.25) is 0 Å². The summed E-state index contributed by atoms with van der Waals surface area (Å²) in [4.78, 5) is 11.9. The van der Waals surface area contributed by atoms with Gasteiger partial charge in [0.15, 0.2) is 0 Å². The second-order valence-electron chi connectivity index (χ2n) is 6.57. The monoisotopic (exact) mass is 296 g/mol. The lowest BCUT2D eigenvalue weighted by molar-refractivity contribution is -0.121. The first-order valence-electron chi connectivity index (χ1n) is 8.88. The highest BCUT2D eigenvalue weighted by molar-refractivity contribution is 5.75. The van der Waals surface area contributed by atoms with Crippen LogP contribution in [0.25, 0.3) is 0 Å². The van der Waals surface area contributed by atoms with Crippen molar-refractivity contribution in [2.75, 3.05) is 26.2 Å². The maximum absolute atomic E-state index is 11.9. The maximum Gasteiger partial charge on any atom is 0.220 e. The van der Waals surface area contributed by atoms with Crippen LogP contribution < -0.4 is 10.6 Å². The Balaban J connectivity index is 1.58. The number of amides is 1. The topological polar surface area (TPSA) is 50.4 Å². The maximum atomic E-state index is 11.9. The summed E-state index contributed by atoms with van der Waals surface area (Å²) in [6.45, 7) is 5.81. The van der Waals surface area contributed by atoms with Crippen molar-refractivity contribution in [2.45, 2.75) is 64.4 Å². The number of hydrogen-bond donors (Lipinski definition) is 2. The van der Waals surface area contributed by atoms with E-state index in [0.717, 1.165) is 39.1 Å². The third-order valence-corrected chi connectivity index (χ3v) is 5.00. The molecule has 0 bridgehead atoms. The van der Waals surface area contributed by atoms with Crippen LogP contribution in [0.1, 0.15) is 58.3 Å². The Morgan fingerprint density at radius 2 is 2.14 bits per heavy atom. The summed E-state index contributed by atoms with van der Waals surface area (Å²) in [5.41, 5.74) is 0. The van der Waals surface area contributed by atoms with Crippen LogP contribution in [0, 0.1) is 11.8 Å². The summed E-state index contributed by atoms with van der Waals surface area (Å²) >= 11 is 0. The molecule has 2 rings (SSSR count). The van der Waals surface area contributed by atoms with Crippen molar-refractivity contribution in [1.29, 1.82) is 0 Å².